The third kappa shape index (κ3) is 15.2. The lowest BCUT2D eigenvalue weighted by Crippen LogP contribution is -2.27. The lowest BCUT2D eigenvalue weighted by Gasteiger charge is -2.30. The Labute approximate surface area is 692 Å². The highest BCUT2D eigenvalue weighted by Crippen LogP contribution is 2.52. The van der Waals surface area contributed by atoms with E-state index in [1.54, 1.807) is 39.4 Å². The zero-order chi connectivity index (χ0) is 84.0. The fourth-order valence-electron chi connectivity index (χ4n) is 17.5. The van der Waals surface area contributed by atoms with Gasteiger partial charge < -0.3 is 43.5 Å². The molecule has 15 aromatic rings. The van der Waals surface area contributed by atoms with Crippen LogP contribution in [-0.4, -0.2) is 103 Å². The van der Waals surface area contributed by atoms with Gasteiger partial charge in [0.15, 0.2) is 17.3 Å². The number of hydrogen-bond acceptors (Lipinski definition) is 19. The number of nitrogens with two attached hydrogens (primary N) is 1. The molecule has 0 aliphatic carbocycles. The number of ketones is 3. The molecular formula is C100H99N9O10. The number of carbonyl (C=O) groups is 3. The zero-order valence-corrected chi connectivity index (χ0v) is 70.9. The van der Waals surface area contributed by atoms with Crippen LogP contribution in [0.2, 0.25) is 0 Å². The summed E-state index contributed by atoms with van der Waals surface area (Å²) < 4.78 is 43.5. The minimum Gasteiger partial charge on any atom is -0.493 e. The number of nitrogen functional groups attached to an aromatic ring is 1. The normalized spacial score (nSPS) is 13.9. The number of Topliss-reactive ketones (excluding diaryl/α,β-unsaturated/α-hetero) is 3. The molecule has 18 rings (SSSR count). The number of ether oxygens (including phenoxy) is 6. The van der Waals surface area contributed by atoms with E-state index in [-0.39, 0.29) is 23.3 Å². The van der Waals surface area contributed by atoms with Crippen molar-refractivity contribution in [1.29, 1.82) is 0 Å². The molecule has 19 nitrogen and oxygen atoms in total. The van der Waals surface area contributed by atoms with Crippen molar-refractivity contribution in [3.8, 4) is 72.9 Å². The Morgan fingerprint density at radius 3 is 1.14 bits per heavy atom. The Morgan fingerprint density at radius 1 is 0.412 bits per heavy atom. The van der Waals surface area contributed by atoms with Gasteiger partial charge >= 0.3 is 0 Å². The molecule has 9 aromatic carbocycles. The van der Waals surface area contributed by atoms with Crippen LogP contribution in [0.25, 0.3) is 132 Å². The van der Waals surface area contributed by atoms with E-state index in [9.17, 15) is 14.4 Å². The summed E-state index contributed by atoms with van der Waals surface area (Å²) in [6, 6.07) is 41.4. The largest absolute Gasteiger partial charge is 0.493 e. The average molecular weight is 1590 g/mol. The molecule has 604 valence electrons. The Hall–Kier alpha value is -12.4. The molecule has 0 saturated heterocycles. The number of nitrogens with zero attached hydrogens (tertiary/aromatic N) is 8. The van der Waals surface area contributed by atoms with E-state index in [4.69, 9.17) is 53.5 Å². The molecular weight excluding hydrogens is 1490 g/mol. The molecule has 6 aromatic heterocycles. The number of carbonyl (C=O) groups excluding carboxylic acids is 3. The monoisotopic (exact) mass is 1590 g/mol. The predicted molar refractivity (Wildman–Crippen MR) is 474 cm³/mol. The van der Waals surface area contributed by atoms with Crippen LogP contribution in [0.3, 0.4) is 0 Å². The van der Waals surface area contributed by atoms with Crippen LogP contribution in [0.15, 0.2) is 175 Å². The Bertz CT molecular complexity index is 6580. The van der Waals surface area contributed by atoms with Gasteiger partial charge in [-0.1, -0.05) is 60.7 Å². The van der Waals surface area contributed by atoms with Crippen molar-refractivity contribution in [2.24, 2.45) is 0 Å². The summed E-state index contributed by atoms with van der Waals surface area (Å²) in [5.74, 6) is 3.30. The minimum atomic E-state index is -0.767. The third-order valence-electron chi connectivity index (χ3n) is 22.5. The van der Waals surface area contributed by atoms with E-state index in [2.05, 4.69) is 133 Å². The molecule has 19 heteroatoms. The summed E-state index contributed by atoms with van der Waals surface area (Å²) in [6.07, 6.45) is 14.8. The fourth-order valence-corrected chi connectivity index (χ4v) is 17.5. The van der Waals surface area contributed by atoms with Crippen molar-refractivity contribution < 1.29 is 47.2 Å². The van der Waals surface area contributed by atoms with Gasteiger partial charge in [0.1, 0.15) is 41.1 Å². The van der Waals surface area contributed by atoms with E-state index in [1.165, 1.54) is 16.7 Å². The van der Waals surface area contributed by atoms with Crippen molar-refractivity contribution >= 4 is 105 Å². The van der Waals surface area contributed by atoms with Crippen molar-refractivity contribution in [2.75, 3.05) is 44.5 Å². The number of furan rings is 1. The lowest BCUT2D eigenvalue weighted by molar-refractivity contribution is -0.139. The zero-order valence-electron chi connectivity index (χ0n) is 70.9. The molecule has 9 heterocycles. The number of rotatable bonds is 15. The van der Waals surface area contributed by atoms with Crippen LogP contribution < -0.4 is 24.8 Å². The van der Waals surface area contributed by atoms with Crippen LogP contribution in [-0.2, 0) is 47.9 Å². The van der Waals surface area contributed by atoms with Gasteiger partial charge in [0, 0.05) is 137 Å². The van der Waals surface area contributed by atoms with E-state index in [0.717, 1.165) is 207 Å². The highest BCUT2D eigenvalue weighted by atomic mass is 16.5. The molecule has 0 saturated carbocycles. The number of benzene rings is 9. The van der Waals surface area contributed by atoms with Crippen LogP contribution in [0.5, 0.6) is 17.2 Å². The number of fused-ring (bicyclic) bond motifs is 5. The van der Waals surface area contributed by atoms with Gasteiger partial charge in [0.2, 0.25) is 11.9 Å². The van der Waals surface area contributed by atoms with E-state index in [0.29, 0.717) is 25.8 Å². The van der Waals surface area contributed by atoms with Gasteiger partial charge in [0.25, 0.3) is 0 Å². The maximum absolute atomic E-state index is 13.3. The molecule has 3 aliphatic heterocycles. The quantitative estimate of drug-likeness (QED) is 0.100. The van der Waals surface area contributed by atoms with Gasteiger partial charge in [-0.25, -0.2) is 19.9 Å². The SMILES string of the molecule is CC(=O)[C@@H](OC(C)(C)C)c1c(-c2ccc3c4c(ccnc24)CCO3)c2ccccc2c2occc12.CC(=O)[C@@H](OC(C)(C)C)c1c(C)cc2c(C)c(-c3cnc(N(C)C)nc3)ccc2c1-c1ccc2c3c(ccnc13)CCO2.CC(=O)[C@@H](OC(C)(C)C)c1c(C)cc2c(C)c(-c3cnc(N)nc3)ccc2c1-c1ccc2c3c(ccnc13)CCO2. The average Bonchev–Trinajstić information content (AvgIpc) is 0.999. The number of aryl methyl sites for hydroxylation is 4. The van der Waals surface area contributed by atoms with Gasteiger partial charge in [-0.3, -0.25) is 29.3 Å². The third-order valence-corrected chi connectivity index (χ3v) is 22.5. The number of pyridine rings is 3. The Morgan fingerprint density at radius 2 is 0.765 bits per heavy atom. The Balaban J connectivity index is 0.000000134. The van der Waals surface area contributed by atoms with Crippen LogP contribution in [0, 0.1) is 27.7 Å². The van der Waals surface area contributed by atoms with E-state index >= 15 is 0 Å². The number of hydrogen-bond donors (Lipinski definition) is 1. The highest BCUT2D eigenvalue weighted by Gasteiger charge is 2.37. The second-order valence-corrected chi connectivity index (χ2v) is 34.5. The molecule has 0 bridgehead atoms. The molecule has 3 atom stereocenters. The topological polar surface area (TPSA) is 239 Å². The molecule has 0 radical (unpaired) electrons. The fraction of sp³-hybridized carbons (Fsp3) is 0.300. The Kier molecular flexibility index (Phi) is 21.2. The maximum atomic E-state index is 13.3. The summed E-state index contributed by atoms with van der Waals surface area (Å²) in [7, 11) is 3.86. The summed E-state index contributed by atoms with van der Waals surface area (Å²) >= 11 is 0. The van der Waals surface area contributed by atoms with Crippen LogP contribution in [0.1, 0.15) is 157 Å². The van der Waals surface area contributed by atoms with Crippen molar-refractivity contribution in [3.63, 3.8) is 0 Å². The molecule has 2 N–H and O–H groups in total. The molecule has 0 amide bonds. The number of anilines is 2. The second kappa shape index (κ2) is 31.5. The first-order valence-electron chi connectivity index (χ1n) is 40.6. The first kappa shape index (κ1) is 80.4. The lowest BCUT2D eigenvalue weighted by atomic mass is 9.83. The minimum absolute atomic E-state index is 0.0379. The first-order valence-corrected chi connectivity index (χ1v) is 40.6. The van der Waals surface area contributed by atoms with Crippen LogP contribution in [0.4, 0.5) is 11.9 Å². The molecule has 3 aliphatic rings. The molecule has 119 heavy (non-hydrogen) atoms. The predicted octanol–water partition coefficient (Wildman–Crippen LogP) is 21.8. The van der Waals surface area contributed by atoms with Gasteiger partial charge in [-0.05, 0) is 276 Å². The summed E-state index contributed by atoms with van der Waals surface area (Å²) in [4.78, 5) is 73.8. The molecule has 0 fully saturated rings. The molecule has 0 spiro atoms. The summed E-state index contributed by atoms with van der Waals surface area (Å²) in [6.45, 7) is 32.9. The second-order valence-electron chi connectivity index (χ2n) is 34.5. The van der Waals surface area contributed by atoms with Crippen molar-refractivity contribution in [3.05, 3.63) is 227 Å². The van der Waals surface area contributed by atoms with Crippen molar-refractivity contribution in [1.82, 2.24) is 34.9 Å². The first-order chi connectivity index (χ1) is 56.8. The van der Waals surface area contributed by atoms with Gasteiger partial charge in [-0.15, -0.1) is 0 Å². The van der Waals surface area contributed by atoms with E-state index in [1.807, 2.05) is 149 Å². The number of aromatic nitrogens is 7. The summed E-state index contributed by atoms with van der Waals surface area (Å²) in [5, 5.41) is 10.2. The van der Waals surface area contributed by atoms with Gasteiger partial charge in [-0.2, -0.15) is 0 Å². The smallest absolute Gasteiger partial charge is 0.224 e. The van der Waals surface area contributed by atoms with Crippen molar-refractivity contribution in [2.45, 2.75) is 165 Å². The maximum Gasteiger partial charge on any atom is 0.224 e. The van der Waals surface area contributed by atoms with Crippen LogP contribution >= 0.6 is 0 Å². The molecule has 0 unspecified atom stereocenters. The van der Waals surface area contributed by atoms with Gasteiger partial charge in [0.05, 0.1) is 59.4 Å². The standard InChI is InChI=1S/C36H38N4O3.C34H34N4O3.C30H27NO4/c1-20-17-28-21(2)25(24-18-38-35(39-19-24)40(7)8)9-10-26(28)32(30(20)34(22(3)41)43-36(4,5)6)27-11-12-29-31-23(14-16-42-29)13-15-37-33(27)31;1-18-15-26-19(2)23(22-16-37-33(35)38-17-22)7-8-24(26)30(28(18)32(20(3)39)41-34(4,5)6)25-9-10-27-29-21(12-14-40-27)11-13-36-31(25)29;1-17(32)28(35-30(2,3)4)26-22-13-16-34-29(22)20-8-6-5-7-19(20)25(26)21-9-10-23-24-18(12-15-33-23)11-14-31-27(21)24/h9-13,15,17-19,34H,14,16H2,1-8H3;7-11,13,15-17,32H,12,14H2,1-6H3,(H2,35,37,38);5-11,13-14,16,28H,12,15H2,1-4H3/t34-;32-;28-/m111/s1. The highest BCUT2D eigenvalue weighted by molar-refractivity contribution is 6.19. The van der Waals surface area contributed by atoms with E-state index < -0.39 is 35.1 Å². The summed E-state index contributed by atoms with van der Waals surface area (Å²) in [5.41, 5.74) is 27.6.